The Hall–Kier alpha value is -1.15. The predicted molar refractivity (Wildman–Crippen MR) is 72.2 cm³/mol. The standard InChI is InChI=1S/C12H15NO4S2/c1-2-13(8-11-4-3-7-18-11)19(15,16)12-6-5-10(9-14)17-12/h3-7,14H,2,8-9H2,1H3. The zero-order valence-corrected chi connectivity index (χ0v) is 12.1. The minimum absolute atomic E-state index is 0.130. The second-order valence-electron chi connectivity index (χ2n) is 3.89. The van der Waals surface area contributed by atoms with Gasteiger partial charge in [-0.3, -0.25) is 0 Å². The molecule has 2 aromatic heterocycles. The molecule has 0 bridgehead atoms. The van der Waals surface area contributed by atoms with Crippen molar-refractivity contribution in [2.24, 2.45) is 0 Å². The molecule has 0 saturated heterocycles. The molecular formula is C12H15NO4S2. The van der Waals surface area contributed by atoms with Crippen molar-refractivity contribution in [3.05, 3.63) is 40.3 Å². The fourth-order valence-electron chi connectivity index (χ4n) is 1.65. The first kappa shape index (κ1) is 14.3. The van der Waals surface area contributed by atoms with Crippen LogP contribution in [0.5, 0.6) is 0 Å². The van der Waals surface area contributed by atoms with E-state index in [1.165, 1.54) is 27.8 Å². The van der Waals surface area contributed by atoms with Gasteiger partial charge in [0.15, 0.2) is 0 Å². The topological polar surface area (TPSA) is 70.8 Å². The van der Waals surface area contributed by atoms with Gasteiger partial charge in [0, 0.05) is 18.0 Å². The smallest absolute Gasteiger partial charge is 0.276 e. The number of rotatable bonds is 6. The van der Waals surface area contributed by atoms with Crippen LogP contribution in [0.4, 0.5) is 0 Å². The highest BCUT2D eigenvalue weighted by molar-refractivity contribution is 7.89. The molecule has 0 atom stereocenters. The number of hydrogen-bond acceptors (Lipinski definition) is 5. The third kappa shape index (κ3) is 3.06. The predicted octanol–water partition coefficient (Wildman–Crippen LogP) is 2.04. The maximum Gasteiger partial charge on any atom is 0.276 e. The average molecular weight is 301 g/mol. The first-order valence-corrected chi connectivity index (χ1v) is 8.12. The van der Waals surface area contributed by atoms with Gasteiger partial charge in [-0.05, 0) is 23.6 Å². The molecule has 5 nitrogen and oxygen atoms in total. The molecule has 1 N–H and O–H groups in total. The molecule has 0 saturated carbocycles. The zero-order valence-electron chi connectivity index (χ0n) is 10.4. The molecule has 19 heavy (non-hydrogen) atoms. The Morgan fingerprint density at radius 2 is 2.16 bits per heavy atom. The van der Waals surface area contributed by atoms with Gasteiger partial charge in [0.05, 0.1) is 0 Å². The van der Waals surface area contributed by atoms with Gasteiger partial charge in [-0.25, -0.2) is 8.42 Å². The van der Waals surface area contributed by atoms with E-state index >= 15 is 0 Å². The molecule has 0 aliphatic carbocycles. The quantitative estimate of drug-likeness (QED) is 0.886. The monoisotopic (exact) mass is 301 g/mol. The van der Waals surface area contributed by atoms with Crippen LogP contribution in [0.3, 0.4) is 0 Å². The number of nitrogens with zero attached hydrogens (tertiary/aromatic N) is 1. The van der Waals surface area contributed by atoms with Crippen LogP contribution in [0.15, 0.2) is 39.2 Å². The van der Waals surface area contributed by atoms with E-state index in [0.29, 0.717) is 13.1 Å². The van der Waals surface area contributed by atoms with Gasteiger partial charge in [-0.2, -0.15) is 4.31 Å². The summed E-state index contributed by atoms with van der Waals surface area (Å²) in [5.74, 6) is 0.241. The summed E-state index contributed by atoms with van der Waals surface area (Å²) in [5, 5.41) is 10.7. The number of hydrogen-bond donors (Lipinski definition) is 1. The molecule has 0 spiro atoms. The molecule has 0 fully saturated rings. The van der Waals surface area contributed by atoms with Crippen molar-refractivity contribution in [2.75, 3.05) is 6.54 Å². The highest BCUT2D eigenvalue weighted by Crippen LogP contribution is 2.22. The van der Waals surface area contributed by atoms with E-state index in [4.69, 9.17) is 9.52 Å². The number of thiophene rings is 1. The van der Waals surface area contributed by atoms with Crippen molar-refractivity contribution in [3.63, 3.8) is 0 Å². The highest BCUT2D eigenvalue weighted by atomic mass is 32.2. The van der Waals surface area contributed by atoms with Gasteiger partial charge in [-0.1, -0.05) is 13.0 Å². The van der Waals surface area contributed by atoms with Gasteiger partial charge < -0.3 is 9.52 Å². The molecule has 0 aromatic carbocycles. The van der Waals surface area contributed by atoms with Crippen molar-refractivity contribution in [3.8, 4) is 0 Å². The molecule has 0 radical (unpaired) electrons. The summed E-state index contributed by atoms with van der Waals surface area (Å²) < 4.78 is 31.2. The Bertz CT molecular complexity index is 616. The van der Waals surface area contributed by atoms with E-state index in [-0.39, 0.29) is 17.5 Å². The second kappa shape index (κ2) is 5.87. The van der Waals surface area contributed by atoms with E-state index < -0.39 is 10.0 Å². The second-order valence-corrected chi connectivity index (χ2v) is 6.79. The van der Waals surface area contributed by atoms with Crippen molar-refractivity contribution in [1.82, 2.24) is 4.31 Å². The van der Waals surface area contributed by atoms with Gasteiger partial charge in [0.1, 0.15) is 12.4 Å². The largest absolute Gasteiger partial charge is 0.446 e. The molecule has 0 amide bonds. The SMILES string of the molecule is CCN(Cc1cccs1)S(=O)(=O)c1ccc(CO)o1. The van der Waals surface area contributed by atoms with Crippen LogP contribution >= 0.6 is 11.3 Å². The fraction of sp³-hybridized carbons (Fsp3) is 0.333. The van der Waals surface area contributed by atoms with Gasteiger partial charge >= 0.3 is 0 Å². The van der Waals surface area contributed by atoms with Gasteiger partial charge in [0.25, 0.3) is 10.0 Å². The third-order valence-electron chi connectivity index (χ3n) is 2.65. The van der Waals surface area contributed by atoms with E-state index in [2.05, 4.69) is 0 Å². The fourth-order valence-corrected chi connectivity index (χ4v) is 3.81. The molecule has 2 rings (SSSR count). The summed E-state index contributed by atoms with van der Waals surface area (Å²) in [7, 11) is -3.65. The molecule has 2 heterocycles. The van der Waals surface area contributed by atoms with Gasteiger partial charge in [0.2, 0.25) is 5.09 Å². The summed E-state index contributed by atoms with van der Waals surface area (Å²) in [6, 6.07) is 6.62. The summed E-state index contributed by atoms with van der Waals surface area (Å²) in [6.07, 6.45) is 0. The maximum atomic E-state index is 12.4. The molecule has 0 unspecified atom stereocenters. The Morgan fingerprint density at radius 3 is 2.68 bits per heavy atom. The van der Waals surface area contributed by atoms with Crippen LogP contribution in [0.2, 0.25) is 0 Å². The van der Waals surface area contributed by atoms with Crippen LogP contribution in [-0.2, 0) is 23.2 Å². The van der Waals surface area contributed by atoms with Crippen molar-refractivity contribution >= 4 is 21.4 Å². The third-order valence-corrected chi connectivity index (χ3v) is 5.31. The Morgan fingerprint density at radius 1 is 1.37 bits per heavy atom. The lowest BCUT2D eigenvalue weighted by atomic mass is 10.4. The molecule has 0 aliphatic heterocycles. The minimum Gasteiger partial charge on any atom is -0.446 e. The Labute approximate surface area is 116 Å². The van der Waals surface area contributed by atoms with Crippen LogP contribution in [0.1, 0.15) is 17.6 Å². The lowest BCUT2D eigenvalue weighted by Gasteiger charge is -2.17. The number of sulfonamides is 1. The minimum atomic E-state index is -3.65. The van der Waals surface area contributed by atoms with E-state index in [0.717, 1.165) is 4.88 Å². The summed E-state index contributed by atoms with van der Waals surface area (Å²) >= 11 is 1.51. The number of aliphatic hydroxyl groups excluding tert-OH is 1. The number of aliphatic hydroxyl groups is 1. The van der Waals surface area contributed by atoms with Crippen molar-refractivity contribution in [2.45, 2.75) is 25.2 Å². The first-order chi connectivity index (χ1) is 9.07. The van der Waals surface area contributed by atoms with Crippen molar-refractivity contribution in [1.29, 1.82) is 0 Å². The summed E-state index contributed by atoms with van der Waals surface area (Å²) in [6.45, 7) is 2.15. The Kier molecular flexibility index (Phi) is 4.41. The Balaban J connectivity index is 2.25. The molecular weight excluding hydrogens is 286 g/mol. The lowest BCUT2D eigenvalue weighted by Crippen LogP contribution is -2.29. The van der Waals surface area contributed by atoms with Crippen molar-refractivity contribution < 1.29 is 17.9 Å². The van der Waals surface area contributed by atoms with E-state index in [9.17, 15) is 8.42 Å². The maximum absolute atomic E-state index is 12.4. The summed E-state index contributed by atoms with van der Waals surface area (Å²) in [4.78, 5) is 0.972. The van der Waals surface area contributed by atoms with Crippen LogP contribution in [0.25, 0.3) is 0 Å². The lowest BCUT2D eigenvalue weighted by molar-refractivity contribution is 0.235. The first-order valence-electron chi connectivity index (χ1n) is 5.80. The van der Waals surface area contributed by atoms with E-state index in [1.807, 2.05) is 17.5 Å². The highest BCUT2D eigenvalue weighted by Gasteiger charge is 2.26. The van der Waals surface area contributed by atoms with Crippen LogP contribution in [-0.4, -0.2) is 24.4 Å². The van der Waals surface area contributed by atoms with Gasteiger partial charge in [-0.15, -0.1) is 11.3 Å². The molecule has 0 aliphatic rings. The molecule has 104 valence electrons. The number of furan rings is 1. The summed E-state index contributed by atoms with van der Waals surface area (Å²) in [5.41, 5.74) is 0. The normalized spacial score (nSPS) is 12.2. The zero-order chi connectivity index (χ0) is 13.9. The van der Waals surface area contributed by atoms with Crippen LogP contribution < -0.4 is 0 Å². The van der Waals surface area contributed by atoms with E-state index in [1.54, 1.807) is 6.92 Å². The molecule has 2 aromatic rings. The molecule has 7 heteroatoms. The average Bonchev–Trinajstić information content (AvgIpc) is 3.06. The van der Waals surface area contributed by atoms with Crippen LogP contribution in [0, 0.1) is 0 Å².